The molecule has 130 valence electrons. The molecular formula is C20H26O4. The van der Waals surface area contributed by atoms with E-state index in [0.29, 0.717) is 19.3 Å². The van der Waals surface area contributed by atoms with Gasteiger partial charge in [0.2, 0.25) is 0 Å². The number of hydrogen-bond acceptors (Lipinski definition) is 4. The van der Waals surface area contributed by atoms with Crippen molar-refractivity contribution in [2.75, 3.05) is 13.2 Å². The van der Waals surface area contributed by atoms with Crippen LogP contribution in [0.15, 0.2) is 18.2 Å². The highest BCUT2D eigenvalue weighted by molar-refractivity contribution is 5.40. The fourth-order valence-corrected chi connectivity index (χ4v) is 5.62. The van der Waals surface area contributed by atoms with Crippen molar-refractivity contribution in [1.82, 2.24) is 0 Å². The average Bonchev–Trinajstić information content (AvgIpc) is 3.21. The molecule has 1 unspecified atom stereocenters. The summed E-state index contributed by atoms with van der Waals surface area (Å²) in [6.07, 6.45) is -1.78. The van der Waals surface area contributed by atoms with Crippen LogP contribution in [-0.4, -0.2) is 35.3 Å². The van der Waals surface area contributed by atoms with Gasteiger partial charge in [-0.1, -0.05) is 12.9 Å². The predicted molar refractivity (Wildman–Crippen MR) is 88.7 cm³/mol. The molecule has 0 bridgehead atoms. The first kappa shape index (κ1) is 10.8. The van der Waals surface area contributed by atoms with E-state index < -0.39 is 36.4 Å². The number of phenols is 1. The Balaban J connectivity index is 1.68. The Labute approximate surface area is 149 Å². The summed E-state index contributed by atoms with van der Waals surface area (Å²) in [4.78, 5) is 0. The van der Waals surface area contributed by atoms with Crippen LogP contribution in [0.4, 0.5) is 0 Å². The third kappa shape index (κ3) is 1.74. The van der Waals surface area contributed by atoms with E-state index >= 15 is 0 Å². The minimum absolute atomic E-state index is 0.0278. The van der Waals surface area contributed by atoms with Crippen molar-refractivity contribution in [3.63, 3.8) is 0 Å². The van der Waals surface area contributed by atoms with Gasteiger partial charge in [-0.2, -0.15) is 0 Å². The number of aromatic hydroxyl groups is 1. The number of aliphatic hydroxyl groups is 1. The molecule has 1 heterocycles. The number of phenolic OH excluding ortho intramolecular Hbond substituents is 1. The van der Waals surface area contributed by atoms with Crippen LogP contribution in [0, 0.1) is 17.3 Å². The molecule has 0 amide bonds. The summed E-state index contributed by atoms with van der Waals surface area (Å²) < 4.78 is 54.3. The monoisotopic (exact) mass is 335 g/mol. The van der Waals surface area contributed by atoms with Gasteiger partial charge in [-0.25, -0.2) is 0 Å². The third-order valence-corrected chi connectivity index (χ3v) is 6.63. The third-order valence-electron chi connectivity index (χ3n) is 6.63. The lowest BCUT2D eigenvalue weighted by atomic mass is 9.55. The first-order chi connectivity index (χ1) is 13.6. The summed E-state index contributed by atoms with van der Waals surface area (Å²) in [7, 11) is 0. The van der Waals surface area contributed by atoms with Crippen molar-refractivity contribution in [2.45, 2.75) is 56.7 Å². The number of fused-ring (bicyclic) bond motifs is 6. The Morgan fingerprint density at radius 1 is 1.33 bits per heavy atom. The summed E-state index contributed by atoms with van der Waals surface area (Å²) in [5, 5.41) is 21.0. The Bertz CT molecular complexity index is 835. The van der Waals surface area contributed by atoms with Crippen molar-refractivity contribution < 1.29 is 26.5 Å². The first-order valence-corrected chi connectivity index (χ1v) is 8.81. The predicted octanol–water partition coefficient (Wildman–Crippen LogP) is 2.96. The Hall–Kier alpha value is -1.10. The molecule has 1 saturated heterocycles. The van der Waals surface area contributed by atoms with E-state index in [4.69, 9.17) is 16.3 Å². The maximum Gasteiger partial charge on any atom is 0.200 e. The molecule has 0 radical (unpaired) electrons. The smallest absolute Gasteiger partial charge is 0.200 e. The summed E-state index contributed by atoms with van der Waals surface area (Å²) in [6.45, 7) is -2.34. The SMILES string of the molecule is [2H]C1[C@H]2[C@@H]3CCc4cc(O)ccc4[C@H]3CC[C@]2(C([2H])([2H])[2H])C2(OCCO2)[C@]1([2H])O. The molecule has 6 atom stereocenters. The number of ether oxygens (including phenoxy) is 2. The van der Waals surface area contributed by atoms with Gasteiger partial charge in [0, 0.05) is 10.9 Å². The molecule has 2 N–H and O–H groups in total. The van der Waals surface area contributed by atoms with Crippen molar-refractivity contribution in [3.8, 4) is 5.75 Å². The second-order valence-electron chi connectivity index (χ2n) is 7.59. The molecule has 1 aromatic carbocycles. The molecule has 5 rings (SSSR count). The molecule has 0 aromatic heterocycles. The van der Waals surface area contributed by atoms with Gasteiger partial charge in [0.15, 0.2) is 5.79 Å². The zero-order valence-electron chi connectivity index (χ0n) is 18.5. The molecule has 4 aliphatic rings. The quantitative estimate of drug-likeness (QED) is 0.765. The van der Waals surface area contributed by atoms with E-state index in [-0.39, 0.29) is 37.2 Å². The van der Waals surface area contributed by atoms with Crippen LogP contribution >= 0.6 is 0 Å². The van der Waals surface area contributed by atoms with Gasteiger partial charge in [-0.05, 0) is 73.1 Å². The molecule has 1 spiro atoms. The largest absolute Gasteiger partial charge is 0.508 e. The Kier molecular flexibility index (Phi) is 2.23. The molecule has 1 aromatic rings. The van der Waals surface area contributed by atoms with Crippen LogP contribution in [0.5, 0.6) is 5.75 Å². The Morgan fingerprint density at radius 3 is 2.96 bits per heavy atom. The lowest BCUT2D eigenvalue weighted by molar-refractivity contribution is -0.270. The van der Waals surface area contributed by atoms with Crippen LogP contribution in [0.2, 0.25) is 0 Å². The van der Waals surface area contributed by atoms with Crippen LogP contribution in [-0.2, 0) is 15.9 Å². The highest BCUT2D eigenvalue weighted by atomic mass is 16.7. The molecular weight excluding hydrogens is 304 g/mol. The van der Waals surface area contributed by atoms with Gasteiger partial charge in [0.05, 0.1) is 14.6 Å². The molecule has 1 aliphatic heterocycles. The normalized spacial score (nSPS) is 52.3. The fraction of sp³-hybridized carbons (Fsp3) is 0.700. The minimum atomic E-state index is -2.55. The van der Waals surface area contributed by atoms with Gasteiger partial charge < -0.3 is 19.7 Å². The number of aryl methyl sites for hydroxylation is 1. The summed E-state index contributed by atoms with van der Waals surface area (Å²) >= 11 is 0. The van der Waals surface area contributed by atoms with Crippen molar-refractivity contribution >= 4 is 0 Å². The molecule has 3 aliphatic carbocycles. The van der Waals surface area contributed by atoms with E-state index in [1.54, 1.807) is 12.1 Å². The van der Waals surface area contributed by atoms with Crippen LogP contribution in [0.25, 0.3) is 0 Å². The van der Waals surface area contributed by atoms with E-state index in [1.807, 2.05) is 6.07 Å². The van der Waals surface area contributed by atoms with E-state index in [1.165, 1.54) is 0 Å². The highest BCUT2D eigenvalue weighted by Gasteiger charge is 2.69. The maximum atomic E-state index is 11.1. The maximum absolute atomic E-state index is 11.1. The molecule has 24 heavy (non-hydrogen) atoms. The number of benzene rings is 1. The average molecular weight is 335 g/mol. The minimum Gasteiger partial charge on any atom is -0.508 e. The van der Waals surface area contributed by atoms with Gasteiger partial charge in [0.25, 0.3) is 0 Å². The van der Waals surface area contributed by atoms with Gasteiger partial charge >= 0.3 is 0 Å². The lowest BCUT2D eigenvalue weighted by Crippen LogP contribution is -2.54. The second-order valence-corrected chi connectivity index (χ2v) is 7.59. The van der Waals surface area contributed by atoms with Crippen molar-refractivity contribution in [2.24, 2.45) is 17.3 Å². The summed E-state index contributed by atoms with van der Waals surface area (Å²) in [5.74, 6) is -2.70. The van der Waals surface area contributed by atoms with Crippen LogP contribution in [0.1, 0.15) is 56.4 Å². The van der Waals surface area contributed by atoms with E-state index in [2.05, 4.69) is 0 Å². The number of rotatable bonds is 0. The molecule has 4 nitrogen and oxygen atoms in total. The topological polar surface area (TPSA) is 58.9 Å². The summed E-state index contributed by atoms with van der Waals surface area (Å²) in [5.41, 5.74) is 0.527. The first-order valence-electron chi connectivity index (χ1n) is 11.4. The second kappa shape index (κ2) is 4.96. The van der Waals surface area contributed by atoms with Crippen LogP contribution in [0.3, 0.4) is 0 Å². The zero-order valence-corrected chi connectivity index (χ0v) is 13.5. The van der Waals surface area contributed by atoms with Crippen molar-refractivity contribution in [1.29, 1.82) is 0 Å². The molecule has 4 heteroatoms. The lowest BCUT2D eigenvalue weighted by Gasteiger charge is -2.52. The van der Waals surface area contributed by atoms with Gasteiger partial charge in [-0.3, -0.25) is 0 Å². The molecule has 2 saturated carbocycles. The van der Waals surface area contributed by atoms with Gasteiger partial charge in [0.1, 0.15) is 11.8 Å². The zero-order chi connectivity index (χ0) is 20.8. The number of hydrogen-bond donors (Lipinski definition) is 2. The van der Waals surface area contributed by atoms with E-state index in [9.17, 15) is 10.2 Å². The van der Waals surface area contributed by atoms with E-state index in [0.717, 1.165) is 11.1 Å². The Morgan fingerprint density at radius 2 is 2.17 bits per heavy atom. The van der Waals surface area contributed by atoms with Crippen LogP contribution < -0.4 is 0 Å². The molecule has 3 fully saturated rings. The highest BCUT2D eigenvalue weighted by Crippen LogP contribution is 2.66. The summed E-state index contributed by atoms with van der Waals surface area (Å²) in [6, 6.07) is 5.30. The van der Waals surface area contributed by atoms with Crippen molar-refractivity contribution in [3.05, 3.63) is 29.3 Å². The van der Waals surface area contributed by atoms with Gasteiger partial charge in [-0.15, -0.1) is 0 Å². The standard InChI is InChI=1S/C20H26O4/c1-19-7-6-15-14-5-3-13(21)10-12(14)2-4-16(15)17(19)11-18(22)20(19)23-8-9-24-20/h3,5,10,15-18,21-22H,2,4,6-9,11H2,1H3/t15-,16-,17+,18-,19+/m1/s1/i1D3,11D,18D/t11?,15-,16-,17+,18-,19+. The fourth-order valence-electron chi connectivity index (χ4n) is 5.62.